The standard InChI is InChI=1S/C28H45Br/c1-3-5-6-8-23-9-15-25(16-10-23)26-17-13-24(14-18-26)21-28(29)27-19-11-22(7-4-2)12-20-27/h9-10,15-16,22,24,26-28H,3-8,11-14,17-21H2,1-2H3. The van der Waals surface area contributed by atoms with Crippen molar-refractivity contribution in [2.24, 2.45) is 17.8 Å². The average molecular weight is 462 g/mol. The zero-order valence-corrected chi connectivity index (χ0v) is 20.8. The number of aryl methyl sites for hydroxylation is 1. The zero-order valence-electron chi connectivity index (χ0n) is 19.2. The third-order valence-electron chi connectivity index (χ3n) is 8.03. The Balaban J connectivity index is 1.38. The number of halogens is 1. The Kier molecular flexibility index (Phi) is 10.1. The SMILES string of the molecule is CCCCCc1ccc(C2CCC(CC(Br)C3CCC(CCC)CC3)CC2)cc1. The molecule has 1 atom stereocenters. The van der Waals surface area contributed by atoms with Crippen molar-refractivity contribution in [1.82, 2.24) is 0 Å². The lowest BCUT2D eigenvalue weighted by Gasteiger charge is -2.35. The van der Waals surface area contributed by atoms with Crippen LogP contribution in [-0.2, 0) is 6.42 Å². The summed E-state index contributed by atoms with van der Waals surface area (Å²) in [4.78, 5) is 0.772. The van der Waals surface area contributed by atoms with Gasteiger partial charge in [-0.1, -0.05) is 92.6 Å². The highest BCUT2D eigenvalue weighted by atomic mass is 79.9. The van der Waals surface area contributed by atoms with Gasteiger partial charge in [0.1, 0.15) is 0 Å². The topological polar surface area (TPSA) is 0 Å². The molecule has 2 saturated carbocycles. The van der Waals surface area contributed by atoms with Crippen molar-refractivity contribution in [2.45, 2.75) is 121 Å². The van der Waals surface area contributed by atoms with Crippen LogP contribution in [0.3, 0.4) is 0 Å². The molecule has 2 aliphatic rings. The van der Waals surface area contributed by atoms with Crippen molar-refractivity contribution in [3.63, 3.8) is 0 Å². The fourth-order valence-electron chi connectivity index (χ4n) is 6.02. The van der Waals surface area contributed by atoms with Crippen LogP contribution in [0, 0.1) is 17.8 Å². The highest BCUT2D eigenvalue weighted by Gasteiger charge is 2.29. The molecular weight excluding hydrogens is 416 g/mol. The van der Waals surface area contributed by atoms with Crippen molar-refractivity contribution in [1.29, 1.82) is 0 Å². The van der Waals surface area contributed by atoms with Gasteiger partial charge < -0.3 is 0 Å². The van der Waals surface area contributed by atoms with E-state index in [4.69, 9.17) is 0 Å². The summed E-state index contributed by atoms with van der Waals surface area (Å²) in [6, 6.07) is 9.68. The molecule has 0 amide bonds. The van der Waals surface area contributed by atoms with Crippen LogP contribution in [0.5, 0.6) is 0 Å². The molecule has 0 aromatic heterocycles. The summed E-state index contributed by atoms with van der Waals surface area (Å²) in [5.41, 5.74) is 3.14. The monoisotopic (exact) mass is 460 g/mol. The molecule has 0 aliphatic heterocycles. The number of alkyl halides is 1. The lowest BCUT2D eigenvalue weighted by molar-refractivity contribution is 0.232. The Labute approximate surface area is 189 Å². The first-order valence-corrected chi connectivity index (χ1v) is 13.8. The van der Waals surface area contributed by atoms with Gasteiger partial charge in [-0.2, -0.15) is 0 Å². The quantitative estimate of drug-likeness (QED) is 0.240. The lowest BCUT2D eigenvalue weighted by Crippen LogP contribution is -2.25. The maximum atomic E-state index is 4.13. The average Bonchev–Trinajstić information content (AvgIpc) is 2.76. The van der Waals surface area contributed by atoms with Gasteiger partial charge in [0.2, 0.25) is 0 Å². The number of hydrogen-bond acceptors (Lipinski definition) is 0. The van der Waals surface area contributed by atoms with Gasteiger partial charge in [0.25, 0.3) is 0 Å². The van der Waals surface area contributed by atoms with E-state index < -0.39 is 0 Å². The second-order valence-electron chi connectivity index (χ2n) is 10.2. The molecule has 1 unspecified atom stereocenters. The maximum Gasteiger partial charge on any atom is 0.0176 e. The van der Waals surface area contributed by atoms with Crippen molar-refractivity contribution in [2.75, 3.05) is 0 Å². The molecule has 1 aromatic rings. The van der Waals surface area contributed by atoms with Gasteiger partial charge in [-0.15, -0.1) is 0 Å². The van der Waals surface area contributed by atoms with Gasteiger partial charge in [-0.05, 0) is 92.6 Å². The van der Waals surface area contributed by atoms with E-state index in [2.05, 4.69) is 54.0 Å². The summed E-state index contributed by atoms with van der Waals surface area (Å²) >= 11 is 4.13. The molecule has 0 nitrogen and oxygen atoms in total. The summed E-state index contributed by atoms with van der Waals surface area (Å²) in [5.74, 6) is 3.75. The van der Waals surface area contributed by atoms with Crippen molar-refractivity contribution in [3.05, 3.63) is 35.4 Å². The molecule has 29 heavy (non-hydrogen) atoms. The molecule has 0 bridgehead atoms. The van der Waals surface area contributed by atoms with E-state index in [9.17, 15) is 0 Å². The first kappa shape index (κ1) is 23.4. The molecule has 3 rings (SSSR count). The van der Waals surface area contributed by atoms with Crippen molar-refractivity contribution in [3.8, 4) is 0 Å². The van der Waals surface area contributed by atoms with Gasteiger partial charge in [-0.25, -0.2) is 0 Å². The van der Waals surface area contributed by atoms with E-state index in [1.54, 1.807) is 5.56 Å². The van der Waals surface area contributed by atoms with Gasteiger partial charge in [0.05, 0.1) is 0 Å². The molecule has 0 radical (unpaired) electrons. The molecule has 2 aliphatic carbocycles. The first-order chi connectivity index (χ1) is 14.2. The van der Waals surface area contributed by atoms with Gasteiger partial charge in [0.15, 0.2) is 0 Å². The normalized spacial score (nSPS) is 28.9. The Morgan fingerprint density at radius 3 is 2.07 bits per heavy atom. The van der Waals surface area contributed by atoms with E-state index >= 15 is 0 Å². The predicted octanol–water partition coefficient (Wildman–Crippen LogP) is 9.45. The van der Waals surface area contributed by atoms with Gasteiger partial charge in [0, 0.05) is 4.83 Å². The van der Waals surface area contributed by atoms with Crippen LogP contribution in [-0.4, -0.2) is 4.83 Å². The van der Waals surface area contributed by atoms with Crippen molar-refractivity contribution >= 4 is 15.9 Å². The van der Waals surface area contributed by atoms with E-state index in [1.165, 1.54) is 102 Å². The molecule has 1 aromatic carbocycles. The van der Waals surface area contributed by atoms with E-state index in [0.29, 0.717) is 0 Å². The van der Waals surface area contributed by atoms with Crippen LogP contribution < -0.4 is 0 Å². The Bertz CT molecular complexity index is 546. The Morgan fingerprint density at radius 1 is 0.793 bits per heavy atom. The summed E-state index contributed by atoms with van der Waals surface area (Å²) in [6.45, 7) is 4.63. The third-order valence-corrected chi connectivity index (χ3v) is 9.15. The predicted molar refractivity (Wildman–Crippen MR) is 132 cm³/mol. The first-order valence-electron chi connectivity index (χ1n) is 12.9. The minimum atomic E-state index is 0.772. The molecule has 2 fully saturated rings. The Hall–Kier alpha value is -0.300. The zero-order chi connectivity index (χ0) is 20.5. The third kappa shape index (κ3) is 7.41. The lowest BCUT2D eigenvalue weighted by atomic mass is 9.74. The van der Waals surface area contributed by atoms with Crippen molar-refractivity contribution < 1.29 is 0 Å². The number of unbranched alkanes of at least 4 members (excludes halogenated alkanes) is 2. The van der Waals surface area contributed by atoms with Crippen LogP contribution in [0.4, 0.5) is 0 Å². The summed E-state index contributed by atoms with van der Waals surface area (Å²) in [6.07, 6.45) is 21.1. The fourth-order valence-corrected chi connectivity index (χ4v) is 7.08. The smallest absolute Gasteiger partial charge is 0.0176 e. The van der Waals surface area contributed by atoms with Gasteiger partial charge >= 0.3 is 0 Å². The molecule has 0 spiro atoms. The molecular formula is C28H45Br. The molecule has 0 saturated heterocycles. The van der Waals surface area contributed by atoms with Crippen LogP contribution in [0.1, 0.15) is 121 Å². The molecule has 164 valence electrons. The highest BCUT2D eigenvalue weighted by Crippen LogP contribution is 2.42. The molecule has 0 N–H and O–H groups in total. The largest absolute Gasteiger partial charge is 0.0888 e. The van der Waals surface area contributed by atoms with Crippen LogP contribution in [0.15, 0.2) is 24.3 Å². The number of benzene rings is 1. The van der Waals surface area contributed by atoms with Gasteiger partial charge in [-0.3, -0.25) is 0 Å². The summed E-state index contributed by atoms with van der Waals surface area (Å²) < 4.78 is 0. The minimum absolute atomic E-state index is 0.772. The second kappa shape index (κ2) is 12.5. The Morgan fingerprint density at radius 2 is 1.45 bits per heavy atom. The van der Waals surface area contributed by atoms with E-state index in [0.717, 1.165) is 28.5 Å². The second-order valence-corrected chi connectivity index (χ2v) is 11.4. The molecule has 0 heterocycles. The highest BCUT2D eigenvalue weighted by molar-refractivity contribution is 9.09. The van der Waals surface area contributed by atoms with Crippen LogP contribution >= 0.6 is 15.9 Å². The number of hydrogen-bond donors (Lipinski definition) is 0. The minimum Gasteiger partial charge on any atom is -0.0888 e. The summed E-state index contributed by atoms with van der Waals surface area (Å²) in [5, 5.41) is 0. The number of rotatable bonds is 10. The molecule has 1 heteroatoms. The van der Waals surface area contributed by atoms with Crippen LogP contribution in [0.25, 0.3) is 0 Å². The van der Waals surface area contributed by atoms with E-state index in [-0.39, 0.29) is 0 Å². The maximum absolute atomic E-state index is 4.13. The van der Waals surface area contributed by atoms with Crippen LogP contribution in [0.2, 0.25) is 0 Å². The fraction of sp³-hybridized carbons (Fsp3) is 0.786. The van der Waals surface area contributed by atoms with E-state index in [1.807, 2.05) is 0 Å². The summed E-state index contributed by atoms with van der Waals surface area (Å²) in [7, 11) is 0.